The van der Waals surface area contributed by atoms with E-state index in [-0.39, 0.29) is 30.6 Å². The predicted molar refractivity (Wildman–Crippen MR) is 109 cm³/mol. The third-order valence-electron chi connectivity index (χ3n) is 5.42. The number of fused-ring (bicyclic) bond motifs is 1. The number of rotatable bonds is 4. The minimum Gasteiger partial charge on any atom is -0.335 e. The zero-order valence-corrected chi connectivity index (χ0v) is 16.9. The van der Waals surface area contributed by atoms with Crippen LogP contribution in [0.25, 0.3) is 0 Å². The van der Waals surface area contributed by atoms with Crippen molar-refractivity contribution in [3.05, 3.63) is 44.3 Å². The highest BCUT2D eigenvalue weighted by Crippen LogP contribution is 2.39. The van der Waals surface area contributed by atoms with Gasteiger partial charge in [-0.1, -0.05) is 25.3 Å². The largest absolute Gasteiger partial charge is 0.335 e. The van der Waals surface area contributed by atoms with Gasteiger partial charge in [-0.2, -0.15) is 0 Å². The van der Waals surface area contributed by atoms with Crippen molar-refractivity contribution < 1.29 is 9.59 Å². The number of nitrogens with one attached hydrogen (secondary N) is 2. The summed E-state index contributed by atoms with van der Waals surface area (Å²) in [6.07, 6.45) is 6.51. The van der Waals surface area contributed by atoms with Gasteiger partial charge in [0, 0.05) is 22.3 Å². The number of imide groups is 1. The molecule has 27 heavy (non-hydrogen) atoms. The quantitative estimate of drug-likeness (QED) is 0.813. The molecular formula is C20H25N3O2S2. The van der Waals surface area contributed by atoms with E-state index in [0.29, 0.717) is 0 Å². The second-order valence-electron chi connectivity index (χ2n) is 7.29. The average Bonchev–Trinajstić information content (AvgIpc) is 3.34. The van der Waals surface area contributed by atoms with Gasteiger partial charge in [0.2, 0.25) is 5.91 Å². The summed E-state index contributed by atoms with van der Waals surface area (Å²) in [5, 5.41) is 9.69. The monoisotopic (exact) mass is 403 g/mol. The van der Waals surface area contributed by atoms with Crippen molar-refractivity contribution in [3.8, 4) is 0 Å². The van der Waals surface area contributed by atoms with E-state index in [1.54, 1.807) is 22.7 Å². The molecule has 7 heteroatoms. The van der Waals surface area contributed by atoms with Crippen LogP contribution in [0.5, 0.6) is 0 Å². The normalized spacial score (nSPS) is 20.8. The number of carbonyl (C=O) groups is 2. The first-order chi connectivity index (χ1) is 13.2. The number of carbonyl (C=O) groups excluding carboxylic acids is 2. The molecule has 3 heterocycles. The van der Waals surface area contributed by atoms with E-state index in [1.807, 2.05) is 0 Å². The molecule has 1 atom stereocenters. The van der Waals surface area contributed by atoms with Gasteiger partial charge in [0.05, 0.1) is 12.6 Å². The van der Waals surface area contributed by atoms with E-state index in [0.717, 1.165) is 38.6 Å². The fourth-order valence-electron chi connectivity index (χ4n) is 4.14. The van der Waals surface area contributed by atoms with Gasteiger partial charge in [0.15, 0.2) is 0 Å². The second kappa shape index (κ2) is 8.54. The second-order valence-corrected chi connectivity index (χ2v) is 9.27. The van der Waals surface area contributed by atoms with Gasteiger partial charge in [0.1, 0.15) is 0 Å². The minimum atomic E-state index is -0.354. The molecule has 3 amide bonds. The van der Waals surface area contributed by atoms with Crippen LogP contribution in [0.2, 0.25) is 0 Å². The summed E-state index contributed by atoms with van der Waals surface area (Å²) in [4.78, 5) is 29.5. The van der Waals surface area contributed by atoms with Crippen molar-refractivity contribution in [2.75, 3.05) is 13.1 Å². The van der Waals surface area contributed by atoms with Gasteiger partial charge < -0.3 is 5.32 Å². The van der Waals surface area contributed by atoms with Gasteiger partial charge in [0.25, 0.3) is 0 Å². The third-order valence-corrected chi connectivity index (χ3v) is 7.34. The molecule has 1 aliphatic heterocycles. The topological polar surface area (TPSA) is 61.4 Å². The average molecular weight is 404 g/mol. The number of nitrogens with zero attached hydrogens (tertiary/aromatic N) is 1. The molecule has 4 rings (SSSR count). The van der Waals surface area contributed by atoms with Crippen molar-refractivity contribution in [2.45, 2.75) is 50.6 Å². The standard InChI is InChI=1S/C20H25N3O2S2/c24-18(22-20(25)21-14-5-2-1-3-6-14)13-23-10-8-16-15(9-12-27-16)19(23)17-7-4-11-26-17/h4,7,9,11-12,14,19H,1-3,5-6,8,10,13H2,(H2,21,22,24,25). The molecule has 1 fully saturated rings. The van der Waals surface area contributed by atoms with Gasteiger partial charge in [-0.25, -0.2) is 4.79 Å². The van der Waals surface area contributed by atoms with Crippen LogP contribution in [0.1, 0.15) is 53.5 Å². The van der Waals surface area contributed by atoms with Crippen LogP contribution < -0.4 is 10.6 Å². The first-order valence-electron chi connectivity index (χ1n) is 9.65. The summed E-state index contributed by atoms with van der Waals surface area (Å²) in [5.74, 6) is -0.233. The molecule has 2 aliphatic rings. The Morgan fingerprint density at radius 2 is 1.96 bits per heavy atom. The zero-order chi connectivity index (χ0) is 18.6. The molecule has 0 radical (unpaired) electrons. The Bertz CT molecular complexity index is 781. The van der Waals surface area contributed by atoms with Crippen LogP contribution in [-0.2, 0) is 11.2 Å². The molecule has 0 saturated heterocycles. The maximum absolute atomic E-state index is 12.5. The predicted octanol–water partition coefficient (Wildman–Crippen LogP) is 3.92. The first kappa shape index (κ1) is 18.7. The SMILES string of the molecule is O=C(CN1CCc2sccc2C1c1cccs1)NC(=O)NC1CCCCC1. The van der Waals surface area contributed by atoms with E-state index in [9.17, 15) is 9.59 Å². The molecule has 1 unspecified atom stereocenters. The summed E-state index contributed by atoms with van der Waals surface area (Å²) in [7, 11) is 0. The highest BCUT2D eigenvalue weighted by Gasteiger charge is 2.31. The molecule has 1 saturated carbocycles. The summed E-state index contributed by atoms with van der Waals surface area (Å²) in [6, 6.07) is 6.30. The summed E-state index contributed by atoms with van der Waals surface area (Å²) < 4.78 is 0. The highest BCUT2D eigenvalue weighted by atomic mass is 32.1. The highest BCUT2D eigenvalue weighted by molar-refractivity contribution is 7.10. The van der Waals surface area contributed by atoms with Crippen LogP contribution in [0.3, 0.4) is 0 Å². The number of amides is 3. The van der Waals surface area contributed by atoms with E-state index in [2.05, 4.69) is 44.5 Å². The molecule has 2 N–H and O–H groups in total. The molecule has 5 nitrogen and oxygen atoms in total. The van der Waals surface area contributed by atoms with Crippen molar-refractivity contribution in [1.82, 2.24) is 15.5 Å². The van der Waals surface area contributed by atoms with E-state index in [1.165, 1.54) is 21.7 Å². The molecule has 0 aromatic carbocycles. The number of hydrogen-bond donors (Lipinski definition) is 2. The van der Waals surface area contributed by atoms with Gasteiger partial charge in [-0.3, -0.25) is 15.0 Å². The minimum absolute atomic E-state index is 0.104. The van der Waals surface area contributed by atoms with Crippen molar-refractivity contribution in [2.24, 2.45) is 0 Å². The Morgan fingerprint density at radius 3 is 2.74 bits per heavy atom. The van der Waals surface area contributed by atoms with E-state index < -0.39 is 0 Å². The number of urea groups is 1. The molecule has 144 valence electrons. The summed E-state index contributed by atoms with van der Waals surface area (Å²) in [6.45, 7) is 1.06. The maximum Gasteiger partial charge on any atom is 0.321 e. The third kappa shape index (κ3) is 4.42. The van der Waals surface area contributed by atoms with Crippen molar-refractivity contribution >= 4 is 34.6 Å². The lowest BCUT2D eigenvalue weighted by Gasteiger charge is -2.34. The van der Waals surface area contributed by atoms with Gasteiger partial charge in [-0.15, -0.1) is 22.7 Å². The fraction of sp³-hybridized carbons (Fsp3) is 0.500. The lowest BCUT2D eigenvalue weighted by Crippen LogP contribution is -2.49. The summed E-state index contributed by atoms with van der Waals surface area (Å²) >= 11 is 3.51. The number of thiophene rings is 2. The van der Waals surface area contributed by atoms with Crippen LogP contribution in [-0.4, -0.2) is 36.0 Å². The van der Waals surface area contributed by atoms with E-state index in [4.69, 9.17) is 0 Å². The van der Waals surface area contributed by atoms with Gasteiger partial charge >= 0.3 is 6.03 Å². The molecule has 0 bridgehead atoms. The molecule has 0 spiro atoms. The Balaban J connectivity index is 1.39. The Hall–Kier alpha value is -1.70. The van der Waals surface area contributed by atoms with E-state index >= 15 is 0 Å². The lowest BCUT2D eigenvalue weighted by molar-refractivity contribution is -0.121. The van der Waals surface area contributed by atoms with Crippen LogP contribution >= 0.6 is 22.7 Å². The summed E-state index contributed by atoms with van der Waals surface area (Å²) in [5.41, 5.74) is 1.30. The fourth-order valence-corrected chi connectivity index (χ4v) is 5.92. The molecular weight excluding hydrogens is 378 g/mol. The Kier molecular flexibility index (Phi) is 5.90. The molecule has 2 aromatic heterocycles. The van der Waals surface area contributed by atoms with Gasteiger partial charge in [-0.05, 0) is 47.7 Å². The van der Waals surface area contributed by atoms with Crippen LogP contribution in [0, 0.1) is 0 Å². The maximum atomic E-state index is 12.5. The number of hydrogen-bond acceptors (Lipinski definition) is 5. The van der Waals surface area contributed by atoms with Crippen molar-refractivity contribution in [3.63, 3.8) is 0 Å². The zero-order valence-electron chi connectivity index (χ0n) is 15.3. The first-order valence-corrected chi connectivity index (χ1v) is 11.4. The smallest absolute Gasteiger partial charge is 0.321 e. The lowest BCUT2D eigenvalue weighted by atomic mass is 9.96. The van der Waals surface area contributed by atoms with Crippen molar-refractivity contribution in [1.29, 1.82) is 0 Å². The Morgan fingerprint density at radius 1 is 1.11 bits per heavy atom. The van der Waals surface area contributed by atoms with Crippen LogP contribution in [0.4, 0.5) is 4.79 Å². The molecule has 2 aromatic rings. The van der Waals surface area contributed by atoms with Crippen LogP contribution in [0.15, 0.2) is 29.0 Å². The molecule has 1 aliphatic carbocycles. The Labute approximate surface area is 167 Å².